The van der Waals surface area contributed by atoms with E-state index < -0.39 is 5.97 Å². The van der Waals surface area contributed by atoms with E-state index in [1.807, 2.05) is 66.7 Å². The molecule has 0 bridgehead atoms. The van der Waals surface area contributed by atoms with Gasteiger partial charge in [0.25, 0.3) is 5.91 Å². The molecule has 1 N–H and O–H groups in total. The Bertz CT molecular complexity index is 1700. The second-order valence-corrected chi connectivity index (χ2v) is 11.2. The molecule has 0 aliphatic heterocycles. The third-order valence-electron chi connectivity index (χ3n) is 6.37. The van der Waals surface area contributed by atoms with Gasteiger partial charge in [-0.1, -0.05) is 77.4 Å². The molecule has 0 aliphatic carbocycles. The Balaban J connectivity index is 1.63. The number of nitrogens with zero attached hydrogens (tertiary/aromatic N) is 2. The summed E-state index contributed by atoms with van der Waals surface area (Å²) in [5, 5.41) is 11.8. The van der Waals surface area contributed by atoms with Crippen molar-refractivity contribution < 1.29 is 14.7 Å². The van der Waals surface area contributed by atoms with Crippen molar-refractivity contribution in [1.82, 2.24) is 9.47 Å². The quantitative estimate of drug-likeness (QED) is 0.213. The number of halogens is 2. The molecule has 0 spiro atoms. The van der Waals surface area contributed by atoms with E-state index in [-0.39, 0.29) is 11.6 Å². The number of aromatic carboxylic acids is 1. The lowest BCUT2D eigenvalue weighted by atomic mass is 10.0. The predicted molar refractivity (Wildman–Crippen MR) is 158 cm³/mol. The molecule has 1 aromatic heterocycles. The monoisotopic (exact) mass is 574 g/mol. The van der Waals surface area contributed by atoms with Gasteiger partial charge in [0.05, 0.1) is 15.6 Å². The van der Waals surface area contributed by atoms with E-state index >= 15 is 0 Å². The minimum atomic E-state index is -1.01. The highest BCUT2D eigenvalue weighted by Crippen LogP contribution is 2.41. The molecule has 0 unspecified atom stereocenters. The van der Waals surface area contributed by atoms with Crippen molar-refractivity contribution in [3.8, 4) is 11.1 Å². The highest BCUT2D eigenvalue weighted by atomic mass is 35.5. The topological polar surface area (TPSA) is 62.5 Å². The van der Waals surface area contributed by atoms with Gasteiger partial charge in [0, 0.05) is 41.4 Å². The van der Waals surface area contributed by atoms with E-state index in [1.165, 1.54) is 4.90 Å². The van der Waals surface area contributed by atoms with Crippen LogP contribution in [0.1, 0.15) is 26.4 Å². The zero-order valence-electron chi connectivity index (χ0n) is 21.2. The van der Waals surface area contributed by atoms with Crippen LogP contribution in [0.4, 0.5) is 0 Å². The number of aromatic nitrogens is 1. The van der Waals surface area contributed by atoms with E-state index in [1.54, 1.807) is 54.7 Å². The molecule has 5 aromatic rings. The summed E-state index contributed by atoms with van der Waals surface area (Å²) >= 11 is 14.0. The van der Waals surface area contributed by atoms with Gasteiger partial charge < -0.3 is 14.6 Å². The van der Waals surface area contributed by atoms with Crippen molar-refractivity contribution in [3.05, 3.63) is 118 Å². The Morgan fingerprint density at radius 2 is 1.59 bits per heavy atom. The van der Waals surface area contributed by atoms with Crippen molar-refractivity contribution >= 4 is 57.7 Å². The predicted octanol–water partition coefficient (Wildman–Crippen LogP) is 8.21. The maximum absolute atomic E-state index is 12.3. The Hall–Kier alpha value is -3.71. The van der Waals surface area contributed by atoms with Gasteiger partial charge >= 0.3 is 5.97 Å². The summed E-state index contributed by atoms with van der Waals surface area (Å²) in [5.74, 6) is -1.10. The molecule has 0 fully saturated rings. The third kappa shape index (κ3) is 5.69. The number of rotatable bonds is 7. The van der Waals surface area contributed by atoms with Crippen LogP contribution in [0.3, 0.4) is 0 Å². The van der Waals surface area contributed by atoms with Gasteiger partial charge in [-0.05, 0) is 65.2 Å². The third-order valence-corrected chi connectivity index (χ3v) is 8.16. The lowest BCUT2D eigenvalue weighted by Crippen LogP contribution is -2.21. The number of carboxylic acids is 1. The van der Waals surface area contributed by atoms with E-state index in [9.17, 15) is 14.7 Å². The minimum Gasteiger partial charge on any atom is -0.477 e. The highest BCUT2D eigenvalue weighted by molar-refractivity contribution is 7.99. The van der Waals surface area contributed by atoms with Crippen LogP contribution < -0.4 is 0 Å². The van der Waals surface area contributed by atoms with Crippen LogP contribution in [0.5, 0.6) is 0 Å². The fraction of sp³-hybridized carbons (Fsp3) is 0.0968. The normalized spacial score (nSPS) is 11.1. The smallest absolute Gasteiger partial charge is 0.352 e. The molecule has 1 amide bonds. The van der Waals surface area contributed by atoms with Gasteiger partial charge in [-0.2, -0.15) is 0 Å². The summed E-state index contributed by atoms with van der Waals surface area (Å²) in [6.45, 7) is 0.336. The van der Waals surface area contributed by atoms with E-state index in [0.717, 1.165) is 37.4 Å². The number of carbonyl (C=O) groups excluding carboxylic acids is 1. The lowest BCUT2D eigenvalue weighted by molar-refractivity contribution is 0.0685. The van der Waals surface area contributed by atoms with Crippen LogP contribution in [0.15, 0.2) is 101 Å². The zero-order chi connectivity index (χ0) is 27.7. The Kier molecular flexibility index (Phi) is 7.71. The summed E-state index contributed by atoms with van der Waals surface area (Å²) in [6, 6.07) is 28.5. The second-order valence-electron chi connectivity index (χ2n) is 9.27. The molecule has 0 radical (unpaired) electrons. The first-order valence-corrected chi connectivity index (χ1v) is 13.7. The Labute approximate surface area is 240 Å². The zero-order valence-corrected chi connectivity index (χ0v) is 23.5. The van der Waals surface area contributed by atoms with Crippen molar-refractivity contribution in [1.29, 1.82) is 0 Å². The standard InChI is InChI=1S/C31H24Cl2N2O3S/c1-34(2)30(36)21-10-8-19(9-11-21)18-35-27-17-29(39-23-12-13-25(32)26(33)16-23)24(20-6-4-3-5-7-20)14-22(27)15-28(35)31(37)38/h3-17H,18H2,1-2H3,(H,37,38). The van der Waals surface area contributed by atoms with Crippen LogP contribution in [0.25, 0.3) is 22.0 Å². The first-order valence-electron chi connectivity index (χ1n) is 12.1. The van der Waals surface area contributed by atoms with Gasteiger partial charge in [0.1, 0.15) is 5.69 Å². The minimum absolute atomic E-state index is 0.0865. The molecule has 5 rings (SSSR count). The first-order chi connectivity index (χ1) is 18.7. The maximum atomic E-state index is 12.3. The average Bonchev–Trinajstić information content (AvgIpc) is 3.28. The van der Waals surface area contributed by atoms with Gasteiger partial charge in [-0.15, -0.1) is 0 Å². The molecule has 0 aliphatic rings. The van der Waals surface area contributed by atoms with Crippen molar-refractivity contribution in [2.24, 2.45) is 0 Å². The molecular weight excluding hydrogens is 551 g/mol. The van der Waals surface area contributed by atoms with Crippen LogP contribution in [0.2, 0.25) is 10.0 Å². The van der Waals surface area contributed by atoms with Gasteiger partial charge in [0.15, 0.2) is 0 Å². The largest absolute Gasteiger partial charge is 0.477 e. The molecule has 39 heavy (non-hydrogen) atoms. The number of carbonyl (C=O) groups is 2. The van der Waals surface area contributed by atoms with Crippen LogP contribution in [-0.4, -0.2) is 40.5 Å². The highest BCUT2D eigenvalue weighted by Gasteiger charge is 2.19. The van der Waals surface area contributed by atoms with E-state index in [2.05, 4.69) is 0 Å². The fourth-order valence-corrected chi connectivity index (χ4v) is 5.81. The van der Waals surface area contributed by atoms with Gasteiger partial charge in [-0.25, -0.2) is 4.79 Å². The van der Waals surface area contributed by atoms with Crippen molar-refractivity contribution in [3.63, 3.8) is 0 Å². The molecule has 0 saturated heterocycles. The van der Waals surface area contributed by atoms with Gasteiger partial charge in [-0.3, -0.25) is 4.79 Å². The summed E-state index contributed by atoms with van der Waals surface area (Å²) in [4.78, 5) is 28.0. The molecule has 0 saturated carbocycles. The van der Waals surface area contributed by atoms with E-state index in [4.69, 9.17) is 23.2 Å². The second kappa shape index (κ2) is 11.2. The Morgan fingerprint density at radius 1 is 0.872 bits per heavy atom. The first kappa shape index (κ1) is 26.9. The number of fused-ring (bicyclic) bond motifs is 1. The summed E-state index contributed by atoms with van der Waals surface area (Å²) in [7, 11) is 3.41. The SMILES string of the molecule is CN(C)C(=O)c1ccc(Cn2c(C(=O)O)cc3cc(-c4ccccc4)c(Sc4ccc(Cl)c(Cl)c4)cc32)cc1. The van der Waals surface area contributed by atoms with Crippen LogP contribution in [0, 0.1) is 0 Å². The van der Waals surface area contributed by atoms with Gasteiger partial charge in [0.2, 0.25) is 0 Å². The van der Waals surface area contributed by atoms with Crippen LogP contribution >= 0.6 is 35.0 Å². The number of amides is 1. The fourth-order valence-electron chi connectivity index (χ4n) is 4.43. The number of benzene rings is 4. The molecule has 8 heteroatoms. The maximum Gasteiger partial charge on any atom is 0.352 e. The molecule has 0 atom stereocenters. The average molecular weight is 576 g/mol. The molecule has 4 aromatic carbocycles. The summed E-state index contributed by atoms with van der Waals surface area (Å²) in [5.41, 5.74) is 4.45. The number of carboxylic acid groups (broad SMARTS) is 1. The van der Waals surface area contributed by atoms with Crippen molar-refractivity contribution in [2.75, 3.05) is 14.1 Å². The van der Waals surface area contributed by atoms with Crippen LogP contribution in [-0.2, 0) is 6.54 Å². The summed E-state index contributed by atoms with van der Waals surface area (Å²) < 4.78 is 1.80. The summed E-state index contributed by atoms with van der Waals surface area (Å²) in [6.07, 6.45) is 0. The van der Waals surface area contributed by atoms with Crippen molar-refractivity contribution in [2.45, 2.75) is 16.3 Å². The number of hydrogen-bond donors (Lipinski definition) is 1. The number of hydrogen-bond acceptors (Lipinski definition) is 3. The van der Waals surface area contributed by atoms with E-state index in [0.29, 0.717) is 22.2 Å². The molecule has 5 nitrogen and oxygen atoms in total. The lowest BCUT2D eigenvalue weighted by Gasteiger charge is -2.14. The molecule has 1 heterocycles. The molecular formula is C31H24Cl2N2O3S. The Morgan fingerprint density at radius 3 is 2.23 bits per heavy atom. The molecule has 196 valence electrons.